The highest BCUT2D eigenvalue weighted by atomic mass is 32.2. The minimum Gasteiger partial charge on any atom is -0.497 e. The van der Waals surface area contributed by atoms with E-state index in [0.717, 1.165) is 16.3 Å². The smallest absolute Gasteiger partial charge is 0.229 e. The van der Waals surface area contributed by atoms with Gasteiger partial charge in [0.2, 0.25) is 5.91 Å². The predicted molar refractivity (Wildman–Crippen MR) is 117 cm³/mol. The van der Waals surface area contributed by atoms with E-state index in [1.54, 1.807) is 19.1 Å². The molecule has 2 aliphatic rings. The number of fused-ring (bicyclic) bond motifs is 1. The number of anilines is 1. The van der Waals surface area contributed by atoms with Crippen LogP contribution in [0.4, 0.5) is 5.69 Å². The lowest BCUT2D eigenvalue weighted by Crippen LogP contribution is -2.47. The Kier molecular flexibility index (Phi) is 5.60. The molecule has 7 heteroatoms. The average molecular weight is 422 g/mol. The maximum absolute atomic E-state index is 13.1. The van der Waals surface area contributed by atoms with E-state index in [0.29, 0.717) is 29.6 Å². The fourth-order valence-electron chi connectivity index (χ4n) is 3.86. The maximum Gasteiger partial charge on any atom is 0.229 e. The fourth-order valence-corrected chi connectivity index (χ4v) is 5.03. The molecule has 1 atom stereocenters. The Hall–Kier alpha value is -3.11. The summed E-state index contributed by atoms with van der Waals surface area (Å²) in [6.45, 7) is 2.49. The summed E-state index contributed by atoms with van der Waals surface area (Å²) in [5, 5.41) is 10.7. The zero-order valence-electron chi connectivity index (χ0n) is 17.2. The van der Waals surface area contributed by atoms with Crippen molar-refractivity contribution in [2.75, 3.05) is 31.7 Å². The van der Waals surface area contributed by atoms with Crippen molar-refractivity contribution in [3.63, 3.8) is 0 Å². The van der Waals surface area contributed by atoms with Crippen LogP contribution in [-0.2, 0) is 4.79 Å². The number of rotatable bonds is 4. The summed E-state index contributed by atoms with van der Waals surface area (Å²) in [5.41, 5.74) is 3.67. The maximum atomic E-state index is 13.1. The Balaban J connectivity index is 1.70. The molecule has 0 radical (unpaired) electrons. The lowest BCUT2D eigenvalue weighted by molar-refractivity contribution is -0.129. The molecule has 1 fully saturated rings. The van der Waals surface area contributed by atoms with Crippen molar-refractivity contribution >= 4 is 23.4 Å². The number of aryl methyl sites for hydroxylation is 1. The van der Waals surface area contributed by atoms with Crippen molar-refractivity contribution in [2.24, 2.45) is 0 Å². The SMILES string of the molecule is COc1ccc(OC)c([C@@H]2CC(=O)N3CN(c4ccc(C)cc4)CSC3=C2C#N)c1. The third-order valence-electron chi connectivity index (χ3n) is 5.50. The van der Waals surface area contributed by atoms with E-state index in [4.69, 9.17) is 9.47 Å². The molecule has 0 N–H and O–H groups in total. The Labute approximate surface area is 180 Å². The van der Waals surface area contributed by atoms with Crippen molar-refractivity contribution in [3.05, 3.63) is 64.2 Å². The van der Waals surface area contributed by atoms with Crippen LogP contribution in [0.2, 0.25) is 0 Å². The highest BCUT2D eigenvalue weighted by Crippen LogP contribution is 2.45. The van der Waals surface area contributed by atoms with Crippen LogP contribution in [0.3, 0.4) is 0 Å². The Morgan fingerprint density at radius 1 is 1.13 bits per heavy atom. The van der Waals surface area contributed by atoms with Crippen molar-refractivity contribution < 1.29 is 14.3 Å². The summed E-state index contributed by atoms with van der Waals surface area (Å²) in [7, 11) is 3.19. The second kappa shape index (κ2) is 8.33. The lowest BCUT2D eigenvalue weighted by atomic mass is 9.86. The molecule has 1 saturated heterocycles. The number of methoxy groups -OCH3 is 2. The molecule has 4 rings (SSSR count). The number of amides is 1. The summed E-state index contributed by atoms with van der Waals surface area (Å²) in [6, 6.07) is 16.1. The molecule has 0 spiro atoms. The minimum atomic E-state index is -0.350. The molecule has 6 nitrogen and oxygen atoms in total. The Morgan fingerprint density at radius 2 is 1.90 bits per heavy atom. The molecule has 0 aromatic heterocycles. The van der Waals surface area contributed by atoms with Gasteiger partial charge in [-0.15, -0.1) is 0 Å². The first-order valence-electron chi connectivity index (χ1n) is 9.66. The van der Waals surface area contributed by atoms with Gasteiger partial charge in [-0.3, -0.25) is 9.69 Å². The van der Waals surface area contributed by atoms with Gasteiger partial charge in [-0.05, 0) is 37.3 Å². The Morgan fingerprint density at radius 3 is 2.57 bits per heavy atom. The fraction of sp³-hybridized carbons (Fsp3) is 0.304. The zero-order chi connectivity index (χ0) is 21.3. The number of nitriles is 1. The van der Waals surface area contributed by atoms with E-state index >= 15 is 0 Å². The number of carbonyl (C=O) groups excluding carboxylic acids is 1. The summed E-state index contributed by atoms with van der Waals surface area (Å²) < 4.78 is 10.9. The van der Waals surface area contributed by atoms with E-state index < -0.39 is 0 Å². The van der Waals surface area contributed by atoms with E-state index in [-0.39, 0.29) is 18.2 Å². The predicted octanol–water partition coefficient (Wildman–Crippen LogP) is 4.23. The number of nitrogens with zero attached hydrogens (tertiary/aromatic N) is 3. The van der Waals surface area contributed by atoms with Gasteiger partial charge < -0.3 is 14.4 Å². The van der Waals surface area contributed by atoms with Crippen molar-refractivity contribution in [1.82, 2.24) is 4.90 Å². The number of hydrogen-bond donors (Lipinski definition) is 0. The normalized spacial score (nSPS) is 18.7. The second-order valence-corrected chi connectivity index (χ2v) is 8.24. The minimum absolute atomic E-state index is 0.00295. The second-order valence-electron chi connectivity index (χ2n) is 7.31. The van der Waals surface area contributed by atoms with Crippen LogP contribution in [0.5, 0.6) is 11.5 Å². The van der Waals surface area contributed by atoms with Crippen LogP contribution in [0.1, 0.15) is 23.5 Å². The molecule has 1 amide bonds. The molecule has 0 unspecified atom stereocenters. The Bertz CT molecular complexity index is 1040. The molecule has 2 heterocycles. The molecule has 0 aliphatic carbocycles. The number of hydrogen-bond acceptors (Lipinski definition) is 6. The van der Waals surface area contributed by atoms with Gasteiger partial charge in [0.15, 0.2) is 0 Å². The van der Waals surface area contributed by atoms with Gasteiger partial charge in [0.05, 0.1) is 43.4 Å². The first-order chi connectivity index (χ1) is 14.5. The van der Waals surface area contributed by atoms with Crippen molar-refractivity contribution in [1.29, 1.82) is 5.26 Å². The molecule has 30 heavy (non-hydrogen) atoms. The number of benzene rings is 2. The molecular weight excluding hydrogens is 398 g/mol. The van der Waals surface area contributed by atoms with Crippen LogP contribution in [0.25, 0.3) is 0 Å². The highest BCUT2D eigenvalue weighted by Gasteiger charge is 2.39. The number of allylic oxidation sites excluding steroid dienone is 1. The van der Waals surface area contributed by atoms with Gasteiger partial charge in [-0.1, -0.05) is 29.5 Å². The number of carbonyl (C=O) groups is 1. The molecule has 2 aromatic carbocycles. The topological polar surface area (TPSA) is 65.8 Å². The third kappa shape index (κ3) is 3.59. The van der Waals surface area contributed by atoms with Gasteiger partial charge in [0.25, 0.3) is 0 Å². The summed E-state index contributed by atoms with van der Waals surface area (Å²) in [6.07, 6.45) is 0.220. The number of ether oxygens (including phenoxy) is 2. The van der Waals surface area contributed by atoms with Crippen LogP contribution in [-0.4, -0.2) is 37.6 Å². The zero-order valence-corrected chi connectivity index (χ0v) is 18.0. The van der Waals surface area contributed by atoms with E-state index in [2.05, 4.69) is 42.2 Å². The van der Waals surface area contributed by atoms with Gasteiger partial charge in [0, 0.05) is 23.6 Å². The van der Waals surface area contributed by atoms with Crippen LogP contribution < -0.4 is 14.4 Å². The van der Waals surface area contributed by atoms with Crippen molar-refractivity contribution in [3.8, 4) is 17.6 Å². The van der Waals surface area contributed by atoms with E-state index in [9.17, 15) is 10.1 Å². The summed E-state index contributed by atoms with van der Waals surface area (Å²) in [4.78, 5) is 17.0. The van der Waals surface area contributed by atoms with Crippen LogP contribution >= 0.6 is 11.8 Å². The molecule has 0 saturated carbocycles. The molecular formula is C23H23N3O3S. The quantitative estimate of drug-likeness (QED) is 0.736. The largest absolute Gasteiger partial charge is 0.497 e. The number of thioether (sulfide) groups is 1. The van der Waals surface area contributed by atoms with Gasteiger partial charge in [0.1, 0.15) is 11.5 Å². The molecule has 2 aliphatic heterocycles. The van der Waals surface area contributed by atoms with E-state index in [1.807, 2.05) is 18.2 Å². The standard InChI is InChI=1S/C23H23N3O3S/c1-15-4-6-16(7-5-15)25-13-26-22(27)11-18(20(12-24)23(26)30-14-25)19-10-17(28-2)8-9-21(19)29-3/h4-10,18H,11,13-14H2,1-3H3/t18-/m0/s1. The van der Waals surface area contributed by atoms with Crippen molar-refractivity contribution in [2.45, 2.75) is 19.3 Å². The van der Waals surface area contributed by atoms with Crippen LogP contribution in [0.15, 0.2) is 53.1 Å². The van der Waals surface area contributed by atoms with E-state index in [1.165, 1.54) is 17.3 Å². The van der Waals surface area contributed by atoms with Gasteiger partial charge in [-0.25, -0.2) is 0 Å². The molecule has 0 bridgehead atoms. The molecule has 2 aromatic rings. The summed E-state index contributed by atoms with van der Waals surface area (Å²) >= 11 is 1.53. The third-order valence-corrected chi connectivity index (χ3v) is 6.66. The van der Waals surface area contributed by atoms with Gasteiger partial charge in [-0.2, -0.15) is 5.26 Å². The average Bonchev–Trinajstić information content (AvgIpc) is 2.79. The highest BCUT2D eigenvalue weighted by molar-refractivity contribution is 8.03. The summed E-state index contributed by atoms with van der Waals surface area (Å²) in [5.74, 6) is 1.65. The monoisotopic (exact) mass is 421 g/mol. The first-order valence-corrected chi connectivity index (χ1v) is 10.6. The first kappa shape index (κ1) is 20.2. The lowest BCUT2D eigenvalue weighted by Gasteiger charge is -2.42. The van der Waals surface area contributed by atoms with Gasteiger partial charge >= 0.3 is 0 Å². The molecule has 154 valence electrons. The van der Waals surface area contributed by atoms with Crippen LogP contribution in [0, 0.1) is 18.3 Å².